The highest BCUT2D eigenvalue weighted by Crippen LogP contribution is 2.29. The van der Waals surface area contributed by atoms with Crippen molar-refractivity contribution in [1.82, 2.24) is 5.32 Å². The summed E-state index contributed by atoms with van der Waals surface area (Å²) in [5, 5.41) is 2.88. The fourth-order valence-electron chi connectivity index (χ4n) is 2.51. The lowest BCUT2D eigenvalue weighted by atomic mass is 9.84. The fourth-order valence-corrected chi connectivity index (χ4v) is 2.51. The molecule has 3 rings (SSSR count). The summed E-state index contributed by atoms with van der Waals surface area (Å²) in [4.78, 5) is 16.4. The summed E-state index contributed by atoms with van der Waals surface area (Å²) in [5.74, 6) is 2.04. The maximum atomic E-state index is 11.9. The normalized spacial score (nSPS) is 20.6. The summed E-state index contributed by atoms with van der Waals surface area (Å²) in [6.07, 6.45) is 5.33. The van der Waals surface area contributed by atoms with Gasteiger partial charge in [-0.25, -0.2) is 4.99 Å². The maximum absolute atomic E-state index is 11.9. The lowest BCUT2D eigenvalue weighted by Crippen LogP contribution is -2.33. The number of benzene rings is 1. The third-order valence-electron chi connectivity index (χ3n) is 3.93. The van der Waals surface area contributed by atoms with Crippen molar-refractivity contribution in [2.45, 2.75) is 26.2 Å². The molecular formula is C16H18N2O2. The Bertz CT molecular complexity index is 613. The minimum absolute atomic E-state index is 0.0969. The molecule has 0 radical (unpaired) electrons. The molecule has 4 nitrogen and oxygen atoms in total. The van der Waals surface area contributed by atoms with Crippen molar-refractivity contribution < 1.29 is 9.53 Å². The molecule has 0 aromatic heterocycles. The van der Waals surface area contributed by atoms with E-state index in [1.807, 2.05) is 31.2 Å². The van der Waals surface area contributed by atoms with Crippen LogP contribution in [0.25, 0.3) is 6.08 Å². The number of hydrogen-bond acceptors (Lipinski definition) is 3. The molecule has 1 aliphatic heterocycles. The minimum Gasteiger partial charge on any atom is -0.496 e. The number of aliphatic imine (C=N–C) groups is 1. The minimum atomic E-state index is -0.0969. The molecule has 0 unspecified atom stereocenters. The number of nitrogens with one attached hydrogen (secondary N) is 1. The monoisotopic (exact) mass is 270 g/mol. The van der Waals surface area contributed by atoms with Crippen LogP contribution in [0, 0.1) is 12.8 Å². The van der Waals surface area contributed by atoms with Gasteiger partial charge in [-0.3, -0.25) is 4.79 Å². The van der Waals surface area contributed by atoms with Crippen LogP contribution in [0.2, 0.25) is 0 Å². The van der Waals surface area contributed by atoms with Crippen LogP contribution >= 0.6 is 0 Å². The number of aryl methyl sites for hydroxylation is 1. The van der Waals surface area contributed by atoms with Gasteiger partial charge in [0.05, 0.1) is 7.11 Å². The number of nitrogens with zero attached hydrogens (tertiary/aromatic N) is 1. The quantitative estimate of drug-likeness (QED) is 0.858. The molecule has 104 valence electrons. The van der Waals surface area contributed by atoms with Crippen LogP contribution in [0.15, 0.2) is 28.9 Å². The van der Waals surface area contributed by atoms with Crippen molar-refractivity contribution in [3.8, 4) is 5.75 Å². The van der Waals surface area contributed by atoms with Gasteiger partial charge in [-0.2, -0.15) is 0 Å². The molecule has 0 bridgehead atoms. The molecule has 1 amide bonds. The van der Waals surface area contributed by atoms with Crippen molar-refractivity contribution >= 4 is 17.8 Å². The third-order valence-corrected chi connectivity index (χ3v) is 3.93. The molecular weight excluding hydrogens is 252 g/mol. The van der Waals surface area contributed by atoms with Gasteiger partial charge < -0.3 is 10.1 Å². The highest BCUT2D eigenvalue weighted by molar-refractivity contribution is 6.15. The average Bonchev–Trinajstić information content (AvgIpc) is 2.68. The zero-order chi connectivity index (χ0) is 14.1. The van der Waals surface area contributed by atoms with Gasteiger partial charge >= 0.3 is 0 Å². The molecule has 0 spiro atoms. The first-order valence-electron chi connectivity index (χ1n) is 6.93. The summed E-state index contributed by atoms with van der Waals surface area (Å²) in [7, 11) is 1.65. The highest BCUT2D eigenvalue weighted by Gasteiger charge is 2.30. The summed E-state index contributed by atoms with van der Waals surface area (Å²) >= 11 is 0. The molecule has 1 aromatic rings. The number of amidine groups is 1. The molecule has 1 saturated carbocycles. The Morgan fingerprint density at radius 1 is 1.40 bits per heavy atom. The van der Waals surface area contributed by atoms with Gasteiger partial charge in [-0.1, -0.05) is 12.5 Å². The largest absolute Gasteiger partial charge is 0.496 e. The van der Waals surface area contributed by atoms with E-state index >= 15 is 0 Å². The predicted octanol–water partition coefficient (Wildman–Crippen LogP) is 2.67. The van der Waals surface area contributed by atoms with Crippen LogP contribution in [0.5, 0.6) is 5.75 Å². The predicted molar refractivity (Wildman–Crippen MR) is 78.6 cm³/mol. The van der Waals surface area contributed by atoms with E-state index in [2.05, 4.69) is 10.3 Å². The van der Waals surface area contributed by atoms with Gasteiger partial charge in [0.2, 0.25) is 0 Å². The van der Waals surface area contributed by atoms with E-state index in [4.69, 9.17) is 4.74 Å². The molecule has 0 saturated heterocycles. The number of rotatable bonds is 3. The van der Waals surface area contributed by atoms with Crippen LogP contribution in [-0.4, -0.2) is 18.9 Å². The zero-order valence-electron chi connectivity index (χ0n) is 11.8. The van der Waals surface area contributed by atoms with E-state index in [1.54, 1.807) is 7.11 Å². The van der Waals surface area contributed by atoms with E-state index < -0.39 is 0 Å². The summed E-state index contributed by atoms with van der Waals surface area (Å²) < 4.78 is 5.23. The molecule has 1 heterocycles. The molecule has 0 atom stereocenters. The van der Waals surface area contributed by atoms with Crippen molar-refractivity contribution in [3.05, 3.63) is 35.0 Å². The Labute approximate surface area is 118 Å². The first kappa shape index (κ1) is 12.9. The molecule has 1 N–H and O–H groups in total. The standard InChI is InChI=1S/C16H18N2O2/c1-10-8-11(6-7-14(10)20-2)9-13-16(19)18-15(17-13)12-4-3-5-12/h6-9,12H,3-5H2,1-2H3,(H,17,18,19)/b13-9+. The Kier molecular flexibility index (Phi) is 3.30. The van der Waals surface area contributed by atoms with E-state index in [0.717, 1.165) is 35.6 Å². The van der Waals surface area contributed by atoms with Gasteiger partial charge in [0.15, 0.2) is 0 Å². The van der Waals surface area contributed by atoms with E-state index in [9.17, 15) is 4.79 Å². The summed E-state index contributed by atoms with van der Waals surface area (Å²) in [6.45, 7) is 1.98. The van der Waals surface area contributed by atoms with Gasteiger partial charge in [-0.15, -0.1) is 0 Å². The maximum Gasteiger partial charge on any atom is 0.275 e. The molecule has 4 heteroatoms. The fraction of sp³-hybridized carbons (Fsp3) is 0.375. The van der Waals surface area contributed by atoms with Gasteiger partial charge in [-0.05, 0) is 49.1 Å². The van der Waals surface area contributed by atoms with Crippen molar-refractivity contribution in [1.29, 1.82) is 0 Å². The summed E-state index contributed by atoms with van der Waals surface area (Å²) in [6, 6.07) is 5.84. The Hall–Kier alpha value is -2.10. The average molecular weight is 270 g/mol. The zero-order valence-corrected chi connectivity index (χ0v) is 11.8. The van der Waals surface area contributed by atoms with Gasteiger partial charge in [0.25, 0.3) is 5.91 Å². The highest BCUT2D eigenvalue weighted by atomic mass is 16.5. The number of carbonyl (C=O) groups excluding carboxylic acids is 1. The number of methoxy groups -OCH3 is 1. The third kappa shape index (κ3) is 2.33. The summed E-state index contributed by atoms with van der Waals surface area (Å²) in [5.41, 5.74) is 2.51. The van der Waals surface area contributed by atoms with E-state index in [0.29, 0.717) is 11.6 Å². The second-order valence-electron chi connectivity index (χ2n) is 5.34. The Morgan fingerprint density at radius 3 is 2.80 bits per heavy atom. The number of hydrogen-bond donors (Lipinski definition) is 1. The number of ether oxygens (including phenoxy) is 1. The Balaban J connectivity index is 1.85. The van der Waals surface area contributed by atoms with Crippen LogP contribution in [0.1, 0.15) is 30.4 Å². The van der Waals surface area contributed by atoms with E-state index in [1.165, 1.54) is 6.42 Å². The lowest BCUT2D eigenvalue weighted by molar-refractivity contribution is -0.115. The molecule has 2 aliphatic rings. The topological polar surface area (TPSA) is 50.7 Å². The number of amides is 1. The van der Waals surface area contributed by atoms with Gasteiger partial charge in [0.1, 0.15) is 17.3 Å². The SMILES string of the molecule is COc1ccc(/C=C2/N=C(C3CCC3)NC2=O)cc1C. The Morgan fingerprint density at radius 2 is 2.20 bits per heavy atom. The van der Waals surface area contributed by atoms with Crippen molar-refractivity contribution in [3.63, 3.8) is 0 Å². The van der Waals surface area contributed by atoms with Gasteiger partial charge in [0, 0.05) is 5.92 Å². The van der Waals surface area contributed by atoms with Crippen LogP contribution in [-0.2, 0) is 4.79 Å². The second kappa shape index (κ2) is 5.12. The molecule has 1 aromatic carbocycles. The lowest BCUT2D eigenvalue weighted by Gasteiger charge is -2.24. The van der Waals surface area contributed by atoms with Crippen molar-refractivity contribution in [2.75, 3.05) is 7.11 Å². The number of carbonyl (C=O) groups is 1. The van der Waals surface area contributed by atoms with Crippen LogP contribution < -0.4 is 10.1 Å². The molecule has 20 heavy (non-hydrogen) atoms. The second-order valence-corrected chi connectivity index (χ2v) is 5.34. The van der Waals surface area contributed by atoms with Crippen LogP contribution in [0.4, 0.5) is 0 Å². The molecule has 1 fully saturated rings. The van der Waals surface area contributed by atoms with E-state index in [-0.39, 0.29) is 5.91 Å². The first-order chi connectivity index (χ1) is 9.67. The van der Waals surface area contributed by atoms with Crippen molar-refractivity contribution in [2.24, 2.45) is 10.9 Å². The molecule has 1 aliphatic carbocycles. The first-order valence-corrected chi connectivity index (χ1v) is 6.93. The smallest absolute Gasteiger partial charge is 0.275 e. The van der Waals surface area contributed by atoms with Crippen LogP contribution in [0.3, 0.4) is 0 Å².